The smallest absolute Gasteiger partial charge is 0.255 e. The molecule has 1 aromatic heterocycles. The molecule has 0 aliphatic heterocycles. The van der Waals surface area contributed by atoms with Crippen molar-refractivity contribution in [1.82, 2.24) is 9.97 Å². The van der Waals surface area contributed by atoms with Crippen LogP contribution in [0.15, 0.2) is 54.7 Å². The fraction of sp³-hybridized carbons (Fsp3) is 0.190. The number of aliphatic hydroxyl groups is 3. The lowest BCUT2D eigenvalue weighted by Gasteiger charge is -2.12. The van der Waals surface area contributed by atoms with E-state index < -0.39 is 24.4 Å². The highest BCUT2D eigenvalue weighted by Crippen LogP contribution is 2.23. The number of carbonyl (C=O) groups excluding carboxylic acids is 1. The molecule has 0 fully saturated rings. The van der Waals surface area contributed by atoms with Crippen LogP contribution < -0.4 is 20.7 Å². The molecule has 1 atom stereocenters. The van der Waals surface area contributed by atoms with Gasteiger partial charge in [0.2, 0.25) is 5.95 Å². The van der Waals surface area contributed by atoms with Crippen molar-refractivity contribution in [1.29, 1.82) is 0 Å². The number of halogens is 1. The third-order valence-corrected chi connectivity index (χ3v) is 4.08. The van der Waals surface area contributed by atoms with Gasteiger partial charge in [0.15, 0.2) is 17.7 Å². The number of hydrogen-bond donors (Lipinski definition) is 6. The Kier molecular flexibility index (Phi) is 7.86. The number of ether oxygens (including phenoxy) is 1. The minimum Gasteiger partial charge on any atom is -0.491 e. The summed E-state index contributed by atoms with van der Waals surface area (Å²) in [5.74, 6) is -0.811. The van der Waals surface area contributed by atoms with Crippen LogP contribution in [0.1, 0.15) is 0 Å². The van der Waals surface area contributed by atoms with Gasteiger partial charge < -0.3 is 36.0 Å². The average molecular weight is 443 g/mol. The minimum absolute atomic E-state index is 0.0842. The SMILES string of the molecule is O=C(Nc1cccc(Nc2nc(Nc3ccc(OCCO)cc3)ncc2F)c1)C(O)CO. The maximum atomic E-state index is 14.2. The number of hydrogen-bond acceptors (Lipinski definition) is 9. The Morgan fingerprint density at radius 2 is 1.81 bits per heavy atom. The predicted molar refractivity (Wildman–Crippen MR) is 116 cm³/mol. The molecular weight excluding hydrogens is 421 g/mol. The highest BCUT2D eigenvalue weighted by molar-refractivity contribution is 5.94. The van der Waals surface area contributed by atoms with Crippen LogP contribution in [-0.4, -0.2) is 57.1 Å². The van der Waals surface area contributed by atoms with E-state index in [9.17, 15) is 14.3 Å². The van der Waals surface area contributed by atoms with Gasteiger partial charge in [0, 0.05) is 17.1 Å². The fourth-order valence-corrected chi connectivity index (χ4v) is 2.56. The Labute approximate surface area is 182 Å². The third kappa shape index (κ3) is 6.35. The summed E-state index contributed by atoms with van der Waals surface area (Å²) in [7, 11) is 0. The first-order valence-electron chi connectivity index (χ1n) is 9.58. The van der Waals surface area contributed by atoms with E-state index in [0.29, 0.717) is 22.8 Å². The summed E-state index contributed by atoms with van der Waals surface area (Å²) < 4.78 is 19.5. The molecule has 0 saturated carbocycles. The van der Waals surface area contributed by atoms with E-state index in [2.05, 4.69) is 25.9 Å². The standard InChI is InChI=1S/C21H22FN5O5/c22-17-11-23-21(26-13-4-6-16(7-5-13)32-9-8-28)27-19(17)24-14-2-1-3-15(10-14)25-20(31)18(30)12-29/h1-7,10-11,18,28-30H,8-9,12H2,(H,25,31)(H2,23,24,26,27). The van der Waals surface area contributed by atoms with Gasteiger partial charge in [0.1, 0.15) is 12.4 Å². The average Bonchev–Trinajstić information content (AvgIpc) is 2.80. The molecule has 0 aliphatic rings. The second-order valence-electron chi connectivity index (χ2n) is 6.51. The number of nitrogens with zero attached hydrogens (tertiary/aromatic N) is 2. The van der Waals surface area contributed by atoms with Crippen molar-refractivity contribution in [3.05, 3.63) is 60.5 Å². The van der Waals surface area contributed by atoms with Gasteiger partial charge in [-0.1, -0.05) is 6.07 Å². The first-order valence-corrected chi connectivity index (χ1v) is 9.58. The molecular formula is C21H22FN5O5. The summed E-state index contributed by atoms with van der Waals surface area (Å²) in [6, 6.07) is 13.2. The van der Waals surface area contributed by atoms with Crippen molar-refractivity contribution >= 4 is 34.7 Å². The van der Waals surface area contributed by atoms with Crippen molar-refractivity contribution < 1.29 is 29.2 Å². The summed E-state index contributed by atoms with van der Waals surface area (Å²) >= 11 is 0. The number of benzene rings is 2. The molecule has 11 heteroatoms. The fourth-order valence-electron chi connectivity index (χ4n) is 2.56. The summed E-state index contributed by atoms with van der Waals surface area (Å²) in [6.07, 6.45) is -0.533. The van der Waals surface area contributed by atoms with Crippen molar-refractivity contribution in [3.8, 4) is 5.75 Å². The van der Waals surface area contributed by atoms with Gasteiger partial charge in [-0.25, -0.2) is 9.37 Å². The molecule has 168 valence electrons. The zero-order chi connectivity index (χ0) is 22.9. The van der Waals surface area contributed by atoms with E-state index >= 15 is 0 Å². The summed E-state index contributed by atoms with van der Waals surface area (Å²) in [6.45, 7) is -0.598. The molecule has 0 spiro atoms. The molecule has 0 bridgehead atoms. The Hall–Kier alpha value is -3.80. The molecule has 2 aromatic carbocycles. The molecule has 0 radical (unpaired) electrons. The second-order valence-corrected chi connectivity index (χ2v) is 6.51. The lowest BCUT2D eigenvalue weighted by atomic mass is 10.2. The summed E-state index contributed by atoms with van der Waals surface area (Å²) in [5, 5.41) is 35.2. The van der Waals surface area contributed by atoms with Gasteiger partial charge in [-0.2, -0.15) is 4.98 Å². The lowest BCUT2D eigenvalue weighted by Crippen LogP contribution is -2.30. The van der Waals surface area contributed by atoms with Crippen LogP contribution in [0.3, 0.4) is 0 Å². The van der Waals surface area contributed by atoms with E-state index in [-0.39, 0.29) is 25.0 Å². The van der Waals surface area contributed by atoms with Crippen LogP contribution in [0.25, 0.3) is 0 Å². The van der Waals surface area contributed by atoms with Crippen LogP contribution in [0.5, 0.6) is 5.75 Å². The van der Waals surface area contributed by atoms with E-state index in [1.165, 1.54) is 6.07 Å². The maximum absolute atomic E-state index is 14.2. The van der Waals surface area contributed by atoms with Gasteiger partial charge in [-0.3, -0.25) is 4.79 Å². The molecule has 0 aliphatic carbocycles. The van der Waals surface area contributed by atoms with Gasteiger partial charge in [-0.15, -0.1) is 0 Å². The Morgan fingerprint density at radius 1 is 1.06 bits per heavy atom. The van der Waals surface area contributed by atoms with Gasteiger partial charge in [-0.05, 0) is 42.5 Å². The monoisotopic (exact) mass is 443 g/mol. The molecule has 3 rings (SSSR count). The zero-order valence-corrected chi connectivity index (χ0v) is 16.8. The van der Waals surface area contributed by atoms with Crippen LogP contribution in [0.4, 0.5) is 33.2 Å². The number of rotatable bonds is 10. The Morgan fingerprint density at radius 3 is 2.53 bits per heavy atom. The number of amides is 1. The topological polar surface area (TPSA) is 149 Å². The molecule has 10 nitrogen and oxygen atoms in total. The van der Waals surface area contributed by atoms with E-state index in [1.807, 2.05) is 0 Å². The second kappa shape index (κ2) is 11.0. The number of nitrogens with one attached hydrogen (secondary N) is 3. The van der Waals surface area contributed by atoms with E-state index in [4.69, 9.17) is 14.9 Å². The van der Waals surface area contributed by atoms with Crippen molar-refractivity contribution in [2.45, 2.75) is 6.10 Å². The zero-order valence-electron chi connectivity index (χ0n) is 16.8. The largest absolute Gasteiger partial charge is 0.491 e. The number of carbonyl (C=O) groups is 1. The van der Waals surface area contributed by atoms with Crippen molar-refractivity contribution in [3.63, 3.8) is 0 Å². The molecule has 1 amide bonds. The van der Waals surface area contributed by atoms with E-state index in [0.717, 1.165) is 6.20 Å². The summed E-state index contributed by atoms with van der Waals surface area (Å²) in [4.78, 5) is 19.8. The lowest BCUT2D eigenvalue weighted by molar-refractivity contribution is -0.125. The molecule has 32 heavy (non-hydrogen) atoms. The maximum Gasteiger partial charge on any atom is 0.255 e. The normalized spacial score (nSPS) is 11.5. The minimum atomic E-state index is -1.55. The summed E-state index contributed by atoms with van der Waals surface area (Å²) in [5.41, 5.74) is 1.41. The highest BCUT2D eigenvalue weighted by atomic mass is 19.1. The van der Waals surface area contributed by atoms with Gasteiger partial charge in [0.05, 0.1) is 19.4 Å². The first-order chi connectivity index (χ1) is 15.5. The first kappa shape index (κ1) is 22.9. The molecule has 1 heterocycles. The number of aromatic nitrogens is 2. The van der Waals surface area contributed by atoms with Crippen LogP contribution in [0.2, 0.25) is 0 Å². The van der Waals surface area contributed by atoms with Crippen LogP contribution >= 0.6 is 0 Å². The Balaban J connectivity index is 1.70. The molecule has 1 unspecified atom stereocenters. The van der Waals surface area contributed by atoms with Gasteiger partial charge >= 0.3 is 0 Å². The predicted octanol–water partition coefficient (Wildman–Crippen LogP) is 1.77. The van der Waals surface area contributed by atoms with Crippen LogP contribution in [-0.2, 0) is 4.79 Å². The molecule has 6 N–H and O–H groups in total. The van der Waals surface area contributed by atoms with Gasteiger partial charge in [0.25, 0.3) is 5.91 Å². The Bertz CT molecular complexity index is 1050. The third-order valence-electron chi connectivity index (χ3n) is 4.08. The number of anilines is 5. The van der Waals surface area contributed by atoms with Crippen LogP contribution in [0, 0.1) is 5.82 Å². The molecule has 0 saturated heterocycles. The van der Waals surface area contributed by atoms with Crippen molar-refractivity contribution in [2.75, 3.05) is 35.8 Å². The molecule has 3 aromatic rings. The van der Waals surface area contributed by atoms with Crippen molar-refractivity contribution in [2.24, 2.45) is 0 Å². The highest BCUT2D eigenvalue weighted by Gasteiger charge is 2.14. The number of aliphatic hydroxyl groups excluding tert-OH is 3. The van der Waals surface area contributed by atoms with E-state index in [1.54, 1.807) is 42.5 Å². The quantitative estimate of drug-likeness (QED) is 0.276.